The number of hydrogen-bond acceptors (Lipinski definition) is 6. The summed E-state index contributed by atoms with van der Waals surface area (Å²) in [5, 5.41) is 0.465. The van der Waals surface area contributed by atoms with Crippen LogP contribution in [0.15, 0.2) is 35.2 Å². The van der Waals surface area contributed by atoms with Gasteiger partial charge in [0.15, 0.2) is 0 Å². The molecule has 0 fully saturated rings. The van der Waals surface area contributed by atoms with Gasteiger partial charge < -0.3 is 9.47 Å². The summed E-state index contributed by atoms with van der Waals surface area (Å²) >= 11 is 0. The fraction of sp³-hybridized carbons (Fsp3) is 0.143. The summed E-state index contributed by atoms with van der Waals surface area (Å²) < 4.78 is 41.2. The van der Waals surface area contributed by atoms with E-state index >= 15 is 0 Å². The highest BCUT2D eigenvalue weighted by Crippen LogP contribution is 2.27. The SMILES string of the molecule is COC(=O)c1cc(S(=O)(=O)O)cc2c(C(=O)OC)cccc12. The van der Waals surface area contributed by atoms with Gasteiger partial charge in [-0.05, 0) is 29.0 Å². The predicted molar refractivity (Wildman–Crippen MR) is 76.4 cm³/mol. The summed E-state index contributed by atoms with van der Waals surface area (Å²) in [5.74, 6) is -1.49. The first-order valence-corrected chi connectivity index (χ1v) is 7.44. The van der Waals surface area contributed by atoms with Crippen molar-refractivity contribution in [3.63, 3.8) is 0 Å². The lowest BCUT2D eigenvalue weighted by molar-refractivity contribution is 0.0592. The van der Waals surface area contributed by atoms with E-state index in [9.17, 15) is 22.6 Å². The highest BCUT2D eigenvalue weighted by Gasteiger charge is 2.21. The van der Waals surface area contributed by atoms with Gasteiger partial charge in [-0.2, -0.15) is 8.42 Å². The number of carbonyl (C=O) groups excluding carboxylic acids is 2. The molecule has 0 spiro atoms. The summed E-state index contributed by atoms with van der Waals surface area (Å²) in [6.07, 6.45) is 0. The number of ether oxygens (including phenoxy) is 2. The van der Waals surface area contributed by atoms with E-state index < -0.39 is 27.0 Å². The first-order valence-electron chi connectivity index (χ1n) is 6.00. The number of methoxy groups -OCH3 is 2. The molecule has 0 radical (unpaired) electrons. The molecule has 0 bridgehead atoms. The fourth-order valence-electron chi connectivity index (χ4n) is 2.08. The van der Waals surface area contributed by atoms with E-state index in [2.05, 4.69) is 9.47 Å². The zero-order valence-electron chi connectivity index (χ0n) is 11.7. The van der Waals surface area contributed by atoms with Crippen LogP contribution in [0.5, 0.6) is 0 Å². The Balaban J connectivity index is 2.95. The van der Waals surface area contributed by atoms with Crippen molar-refractivity contribution in [3.05, 3.63) is 41.5 Å². The van der Waals surface area contributed by atoms with Crippen LogP contribution in [0.3, 0.4) is 0 Å². The molecule has 2 aromatic rings. The molecule has 0 heterocycles. The highest BCUT2D eigenvalue weighted by atomic mass is 32.2. The van der Waals surface area contributed by atoms with E-state index in [1.54, 1.807) is 0 Å². The molecule has 0 saturated carbocycles. The van der Waals surface area contributed by atoms with Crippen molar-refractivity contribution in [2.45, 2.75) is 4.90 Å². The van der Waals surface area contributed by atoms with Crippen LogP contribution >= 0.6 is 0 Å². The second-order valence-corrected chi connectivity index (χ2v) is 5.75. The summed E-state index contributed by atoms with van der Waals surface area (Å²) in [4.78, 5) is 23.1. The number of esters is 2. The molecule has 8 heteroatoms. The van der Waals surface area contributed by atoms with E-state index in [0.717, 1.165) is 19.2 Å². The summed E-state index contributed by atoms with van der Waals surface area (Å²) in [6, 6.07) is 6.56. The van der Waals surface area contributed by atoms with Gasteiger partial charge in [-0.15, -0.1) is 0 Å². The molecule has 0 aromatic heterocycles. The van der Waals surface area contributed by atoms with Crippen LogP contribution in [0.1, 0.15) is 20.7 Å². The normalized spacial score (nSPS) is 11.2. The van der Waals surface area contributed by atoms with Crippen molar-refractivity contribution in [1.29, 1.82) is 0 Å². The van der Waals surface area contributed by atoms with Gasteiger partial charge in [0.2, 0.25) is 0 Å². The standard InChI is InChI=1S/C14H12O7S/c1-20-13(15)10-5-3-4-9-11(10)6-8(22(17,18)19)7-12(9)14(16)21-2/h3-7H,1-2H3,(H,17,18,19). The molecule has 0 aliphatic rings. The van der Waals surface area contributed by atoms with E-state index in [1.807, 2.05) is 0 Å². The average molecular weight is 324 g/mol. The Hall–Kier alpha value is -2.45. The van der Waals surface area contributed by atoms with Gasteiger partial charge in [0.1, 0.15) is 0 Å². The number of fused-ring (bicyclic) bond motifs is 1. The number of benzene rings is 2. The monoisotopic (exact) mass is 324 g/mol. The third-order valence-electron chi connectivity index (χ3n) is 3.08. The maximum atomic E-state index is 11.8. The Bertz CT molecular complexity index is 868. The molecule has 22 heavy (non-hydrogen) atoms. The number of carbonyl (C=O) groups is 2. The molecule has 0 amide bonds. The molecule has 1 N–H and O–H groups in total. The lowest BCUT2D eigenvalue weighted by Gasteiger charge is -2.10. The van der Waals surface area contributed by atoms with Crippen LogP contribution in [-0.4, -0.2) is 39.1 Å². The fourth-order valence-corrected chi connectivity index (χ4v) is 2.61. The van der Waals surface area contributed by atoms with Gasteiger partial charge in [0.05, 0.1) is 30.2 Å². The van der Waals surface area contributed by atoms with E-state index in [-0.39, 0.29) is 16.5 Å². The highest BCUT2D eigenvalue weighted by molar-refractivity contribution is 7.85. The largest absolute Gasteiger partial charge is 0.465 e. The van der Waals surface area contributed by atoms with Crippen LogP contribution in [0.4, 0.5) is 0 Å². The number of rotatable bonds is 3. The summed E-state index contributed by atoms with van der Waals surface area (Å²) in [7, 11) is -2.25. The van der Waals surface area contributed by atoms with Crippen molar-refractivity contribution in [2.24, 2.45) is 0 Å². The van der Waals surface area contributed by atoms with Gasteiger partial charge in [0, 0.05) is 0 Å². The van der Waals surface area contributed by atoms with E-state index in [0.29, 0.717) is 5.39 Å². The van der Waals surface area contributed by atoms with Gasteiger partial charge in [-0.25, -0.2) is 9.59 Å². The quantitative estimate of drug-likeness (QED) is 0.675. The molecular weight excluding hydrogens is 312 g/mol. The van der Waals surface area contributed by atoms with Gasteiger partial charge in [-0.3, -0.25) is 4.55 Å². The van der Waals surface area contributed by atoms with E-state index in [1.165, 1.54) is 25.3 Å². The Labute approximate surface area is 126 Å². The molecule has 0 aliphatic heterocycles. The molecule has 116 valence electrons. The first kappa shape index (κ1) is 15.9. The maximum absolute atomic E-state index is 11.8. The lowest BCUT2D eigenvalue weighted by atomic mass is 10.00. The predicted octanol–water partition coefficient (Wildman–Crippen LogP) is 1.66. The average Bonchev–Trinajstić information content (AvgIpc) is 2.50. The molecule has 7 nitrogen and oxygen atoms in total. The Morgan fingerprint density at radius 2 is 1.55 bits per heavy atom. The molecule has 0 unspecified atom stereocenters. The third-order valence-corrected chi connectivity index (χ3v) is 3.91. The van der Waals surface area contributed by atoms with Crippen molar-refractivity contribution in [1.82, 2.24) is 0 Å². The Kier molecular flexibility index (Phi) is 4.16. The smallest absolute Gasteiger partial charge is 0.338 e. The second-order valence-electron chi connectivity index (χ2n) is 4.33. The Morgan fingerprint density at radius 3 is 2.09 bits per heavy atom. The first-order chi connectivity index (χ1) is 10.3. The van der Waals surface area contributed by atoms with Crippen LogP contribution in [0, 0.1) is 0 Å². The molecule has 2 rings (SSSR count). The zero-order valence-corrected chi connectivity index (χ0v) is 12.5. The van der Waals surface area contributed by atoms with Crippen molar-refractivity contribution in [2.75, 3.05) is 14.2 Å². The minimum Gasteiger partial charge on any atom is -0.465 e. The summed E-state index contributed by atoms with van der Waals surface area (Å²) in [5.41, 5.74) is -0.0194. The number of hydrogen-bond donors (Lipinski definition) is 1. The van der Waals surface area contributed by atoms with Crippen LogP contribution < -0.4 is 0 Å². The van der Waals surface area contributed by atoms with Crippen LogP contribution in [-0.2, 0) is 19.6 Å². The third kappa shape index (κ3) is 2.78. The second kappa shape index (κ2) is 5.74. The van der Waals surface area contributed by atoms with E-state index in [4.69, 9.17) is 0 Å². The van der Waals surface area contributed by atoms with Crippen LogP contribution in [0.2, 0.25) is 0 Å². The molecule has 0 saturated heterocycles. The van der Waals surface area contributed by atoms with Gasteiger partial charge in [0.25, 0.3) is 10.1 Å². The van der Waals surface area contributed by atoms with Crippen molar-refractivity contribution >= 4 is 32.8 Å². The van der Waals surface area contributed by atoms with Crippen molar-refractivity contribution < 1.29 is 32.0 Å². The maximum Gasteiger partial charge on any atom is 0.338 e. The topological polar surface area (TPSA) is 107 Å². The van der Waals surface area contributed by atoms with Gasteiger partial charge >= 0.3 is 11.9 Å². The van der Waals surface area contributed by atoms with Crippen molar-refractivity contribution in [3.8, 4) is 0 Å². The van der Waals surface area contributed by atoms with Gasteiger partial charge in [-0.1, -0.05) is 12.1 Å². The summed E-state index contributed by atoms with van der Waals surface area (Å²) in [6.45, 7) is 0. The minimum absolute atomic E-state index is 0.0654. The minimum atomic E-state index is -4.57. The molecular formula is C14H12O7S. The zero-order chi connectivity index (χ0) is 16.5. The van der Waals surface area contributed by atoms with Crippen LogP contribution in [0.25, 0.3) is 10.8 Å². The molecule has 2 aromatic carbocycles. The molecule has 0 atom stereocenters. The lowest BCUT2D eigenvalue weighted by Crippen LogP contribution is -2.08. The molecule has 0 aliphatic carbocycles. The Morgan fingerprint density at radius 1 is 0.955 bits per heavy atom.